The molecule has 0 aliphatic heterocycles. The van der Waals surface area contributed by atoms with Crippen LogP contribution in [0.15, 0.2) is 47.4 Å². The molecule has 3 nitrogen and oxygen atoms in total. The zero-order valence-electron chi connectivity index (χ0n) is 13.6. The molecule has 0 aliphatic carbocycles. The minimum Gasteiger partial charge on any atom is -0.279 e. The van der Waals surface area contributed by atoms with Crippen molar-refractivity contribution in [3.63, 3.8) is 0 Å². The second-order valence-electron chi connectivity index (χ2n) is 5.77. The lowest BCUT2D eigenvalue weighted by molar-refractivity contribution is 0.600. The van der Waals surface area contributed by atoms with Crippen LogP contribution in [0.2, 0.25) is 0 Å². The summed E-state index contributed by atoms with van der Waals surface area (Å²) in [4.78, 5) is 0.339. The first-order valence-corrected chi connectivity index (χ1v) is 9.02. The van der Waals surface area contributed by atoms with E-state index < -0.39 is 10.0 Å². The second-order valence-corrected chi connectivity index (χ2v) is 7.42. The van der Waals surface area contributed by atoms with E-state index >= 15 is 0 Å². The Kier molecular flexibility index (Phi) is 4.91. The Morgan fingerprint density at radius 1 is 1.09 bits per heavy atom. The van der Waals surface area contributed by atoms with E-state index in [-0.39, 0.29) is 0 Å². The van der Waals surface area contributed by atoms with Crippen molar-refractivity contribution < 1.29 is 8.42 Å². The van der Waals surface area contributed by atoms with Gasteiger partial charge < -0.3 is 0 Å². The number of sulfonamides is 1. The standard InChI is InChI=1S/C18H23NO2S/c1-5-14(3)16-8-6-7-9-17(16)19-22(20,21)18-12-13(2)10-11-15(18)4/h6-12,14,19H,5H2,1-4H3/t14-/m1/s1. The van der Waals surface area contributed by atoms with Gasteiger partial charge >= 0.3 is 0 Å². The molecule has 0 heterocycles. The number of hydrogen-bond acceptors (Lipinski definition) is 2. The van der Waals surface area contributed by atoms with Crippen molar-refractivity contribution in [3.8, 4) is 0 Å². The van der Waals surface area contributed by atoms with Gasteiger partial charge in [0.15, 0.2) is 0 Å². The zero-order valence-corrected chi connectivity index (χ0v) is 14.4. The number of anilines is 1. The first-order valence-electron chi connectivity index (χ1n) is 7.54. The monoisotopic (exact) mass is 317 g/mol. The Morgan fingerprint density at radius 3 is 2.45 bits per heavy atom. The summed E-state index contributed by atoms with van der Waals surface area (Å²) in [6.07, 6.45) is 0.961. The smallest absolute Gasteiger partial charge is 0.262 e. The molecule has 118 valence electrons. The summed E-state index contributed by atoms with van der Waals surface area (Å²) in [5.74, 6) is 0.303. The van der Waals surface area contributed by atoms with E-state index in [1.54, 1.807) is 6.07 Å². The summed E-state index contributed by atoms with van der Waals surface area (Å²) in [6, 6.07) is 13.1. The fourth-order valence-corrected chi connectivity index (χ4v) is 3.85. The van der Waals surface area contributed by atoms with Crippen LogP contribution in [0.3, 0.4) is 0 Å². The molecule has 0 saturated heterocycles. The summed E-state index contributed by atoms with van der Waals surface area (Å²) in [7, 11) is -3.58. The Labute approximate surface area is 133 Å². The third kappa shape index (κ3) is 3.50. The summed E-state index contributed by atoms with van der Waals surface area (Å²) in [5.41, 5.74) is 3.37. The molecule has 2 aromatic rings. The number of nitrogens with one attached hydrogen (secondary N) is 1. The van der Waals surface area contributed by atoms with E-state index in [2.05, 4.69) is 18.6 Å². The van der Waals surface area contributed by atoms with E-state index in [0.29, 0.717) is 16.5 Å². The number of aryl methyl sites for hydroxylation is 2. The van der Waals surface area contributed by atoms with E-state index in [1.807, 2.05) is 50.2 Å². The van der Waals surface area contributed by atoms with E-state index in [4.69, 9.17) is 0 Å². The summed E-state index contributed by atoms with van der Waals surface area (Å²) in [5, 5.41) is 0. The van der Waals surface area contributed by atoms with Crippen LogP contribution in [0.25, 0.3) is 0 Å². The number of para-hydroxylation sites is 1. The predicted molar refractivity (Wildman–Crippen MR) is 91.9 cm³/mol. The zero-order chi connectivity index (χ0) is 16.3. The first kappa shape index (κ1) is 16.6. The molecule has 22 heavy (non-hydrogen) atoms. The molecule has 4 heteroatoms. The maximum absolute atomic E-state index is 12.7. The molecule has 0 aliphatic rings. The van der Waals surface area contributed by atoms with Crippen LogP contribution in [-0.2, 0) is 10.0 Å². The lowest BCUT2D eigenvalue weighted by atomic mass is 9.97. The van der Waals surface area contributed by atoms with Gasteiger partial charge in [-0.1, -0.05) is 44.2 Å². The van der Waals surface area contributed by atoms with Gasteiger partial charge in [0.1, 0.15) is 0 Å². The molecule has 1 atom stereocenters. The highest BCUT2D eigenvalue weighted by Gasteiger charge is 2.19. The maximum Gasteiger partial charge on any atom is 0.262 e. The van der Waals surface area contributed by atoms with Crippen molar-refractivity contribution in [2.45, 2.75) is 44.9 Å². The van der Waals surface area contributed by atoms with Crippen LogP contribution in [0.5, 0.6) is 0 Å². The molecule has 0 fully saturated rings. The third-order valence-electron chi connectivity index (χ3n) is 3.98. The molecule has 0 saturated carbocycles. The normalized spacial score (nSPS) is 12.9. The van der Waals surface area contributed by atoms with E-state index in [1.165, 1.54) is 0 Å². The van der Waals surface area contributed by atoms with Crippen molar-refractivity contribution >= 4 is 15.7 Å². The van der Waals surface area contributed by atoms with Crippen LogP contribution < -0.4 is 4.72 Å². The summed E-state index contributed by atoms with van der Waals surface area (Å²) in [6.45, 7) is 7.91. The predicted octanol–water partition coefficient (Wildman–Crippen LogP) is 4.62. The lowest BCUT2D eigenvalue weighted by Crippen LogP contribution is -2.16. The van der Waals surface area contributed by atoms with Crippen LogP contribution in [0.4, 0.5) is 5.69 Å². The molecule has 0 aromatic heterocycles. The van der Waals surface area contributed by atoms with Crippen molar-refractivity contribution in [3.05, 3.63) is 59.2 Å². The Morgan fingerprint density at radius 2 is 1.77 bits per heavy atom. The quantitative estimate of drug-likeness (QED) is 0.874. The fourth-order valence-electron chi connectivity index (χ4n) is 2.44. The highest BCUT2D eigenvalue weighted by Crippen LogP contribution is 2.29. The lowest BCUT2D eigenvalue weighted by Gasteiger charge is -2.17. The maximum atomic E-state index is 12.7. The van der Waals surface area contributed by atoms with Crippen LogP contribution >= 0.6 is 0 Å². The van der Waals surface area contributed by atoms with Gasteiger partial charge in [0, 0.05) is 0 Å². The largest absolute Gasteiger partial charge is 0.279 e. The van der Waals surface area contributed by atoms with Gasteiger partial charge in [0.05, 0.1) is 10.6 Å². The number of hydrogen-bond donors (Lipinski definition) is 1. The van der Waals surface area contributed by atoms with Crippen LogP contribution in [-0.4, -0.2) is 8.42 Å². The molecule has 0 amide bonds. The minimum absolute atomic E-state index is 0.303. The van der Waals surface area contributed by atoms with Gasteiger partial charge in [-0.3, -0.25) is 4.72 Å². The molecule has 0 bridgehead atoms. The molecule has 2 rings (SSSR count). The van der Waals surface area contributed by atoms with Gasteiger partial charge in [-0.15, -0.1) is 0 Å². The average Bonchev–Trinajstić information content (AvgIpc) is 2.49. The van der Waals surface area contributed by atoms with Crippen molar-refractivity contribution in [1.29, 1.82) is 0 Å². The molecule has 2 aromatic carbocycles. The Bertz CT molecular complexity index is 766. The molecular weight excluding hydrogens is 294 g/mol. The van der Waals surface area contributed by atoms with Crippen LogP contribution in [0.1, 0.15) is 42.9 Å². The summed E-state index contributed by atoms with van der Waals surface area (Å²) >= 11 is 0. The van der Waals surface area contributed by atoms with Gasteiger partial charge in [0.2, 0.25) is 0 Å². The molecule has 0 unspecified atom stereocenters. The van der Waals surface area contributed by atoms with Gasteiger partial charge in [-0.05, 0) is 55.0 Å². The Balaban J connectivity index is 2.44. The average molecular weight is 317 g/mol. The van der Waals surface area contributed by atoms with Crippen molar-refractivity contribution in [2.75, 3.05) is 4.72 Å². The second kappa shape index (κ2) is 6.53. The van der Waals surface area contributed by atoms with Gasteiger partial charge in [-0.2, -0.15) is 0 Å². The SMILES string of the molecule is CC[C@@H](C)c1ccccc1NS(=O)(=O)c1cc(C)ccc1C. The van der Waals surface area contributed by atoms with Crippen LogP contribution in [0, 0.1) is 13.8 Å². The molecule has 0 radical (unpaired) electrons. The first-order chi connectivity index (χ1) is 10.3. The fraction of sp³-hybridized carbons (Fsp3) is 0.333. The highest BCUT2D eigenvalue weighted by molar-refractivity contribution is 7.92. The van der Waals surface area contributed by atoms with Gasteiger partial charge in [0.25, 0.3) is 10.0 Å². The number of rotatable bonds is 5. The third-order valence-corrected chi connectivity index (χ3v) is 5.49. The van der Waals surface area contributed by atoms with Crippen molar-refractivity contribution in [1.82, 2.24) is 0 Å². The molecule has 0 spiro atoms. The number of benzene rings is 2. The minimum atomic E-state index is -3.58. The molecule has 1 N–H and O–H groups in total. The van der Waals surface area contributed by atoms with E-state index in [0.717, 1.165) is 23.1 Å². The molecular formula is C18H23NO2S. The van der Waals surface area contributed by atoms with Gasteiger partial charge in [-0.25, -0.2) is 8.42 Å². The Hall–Kier alpha value is -1.81. The van der Waals surface area contributed by atoms with E-state index in [9.17, 15) is 8.42 Å². The summed E-state index contributed by atoms with van der Waals surface area (Å²) < 4.78 is 28.2. The van der Waals surface area contributed by atoms with Crippen molar-refractivity contribution in [2.24, 2.45) is 0 Å². The highest BCUT2D eigenvalue weighted by atomic mass is 32.2. The topological polar surface area (TPSA) is 46.2 Å².